The molecule has 0 aliphatic rings. The van der Waals surface area contributed by atoms with E-state index in [1.807, 2.05) is 0 Å². The minimum atomic E-state index is -4.67. The van der Waals surface area contributed by atoms with Crippen molar-refractivity contribution in [1.82, 2.24) is 0 Å². The molecule has 8 heavy (non-hydrogen) atoms. The van der Waals surface area contributed by atoms with Gasteiger partial charge in [-0.05, 0) is 0 Å². The summed E-state index contributed by atoms with van der Waals surface area (Å²) in [5.41, 5.74) is 0. The number of rotatable bonds is 0. The first-order chi connectivity index (χ1) is 2.00. The van der Waals surface area contributed by atoms with Crippen LogP contribution in [0.15, 0.2) is 0 Å². The molecule has 0 saturated carbocycles. The Balaban J connectivity index is -0.0000000267. The molecule has 0 saturated heterocycles. The molecule has 0 aliphatic carbocycles. The summed E-state index contributed by atoms with van der Waals surface area (Å²) in [5, 5.41) is 0. The molecule has 0 rings (SSSR count). The minimum absolute atomic E-state index is 0. The second kappa shape index (κ2) is 10.6. The van der Waals surface area contributed by atoms with Crippen LogP contribution in [0.1, 0.15) is 0 Å². The first-order valence-electron chi connectivity index (χ1n) is 0.698. The zero-order chi connectivity index (χ0) is 4.50. The zero-order valence-electron chi connectivity index (χ0n) is 2.53. The van der Waals surface area contributed by atoms with Crippen LogP contribution in [0.25, 0.3) is 0 Å². The van der Waals surface area contributed by atoms with Gasteiger partial charge in [0, 0.05) is 0 Å². The Labute approximate surface area is 143 Å². The molecule has 8 heteroatoms. The monoisotopic (exact) mass is 258 g/mol. The standard InChI is InChI=1S/BrH.2K.H2O4S.2H/c;;;1-5(2,3)4;;/h1H;;;(H2,1,2,3,4);;. The third-order valence-corrected chi connectivity index (χ3v) is 0. The molecule has 0 aromatic heterocycles. The first kappa shape index (κ1) is 22.6. The van der Waals surface area contributed by atoms with Crippen molar-refractivity contribution in [1.29, 1.82) is 0 Å². The molecule has 0 unspecified atom stereocenters. The fourth-order valence-corrected chi connectivity index (χ4v) is 0. The quantitative estimate of drug-likeness (QED) is 0.416. The van der Waals surface area contributed by atoms with Gasteiger partial charge >= 0.3 is 113 Å². The Hall–Kier alpha value is 3.62. The Bertz CT molecular complexity index is 97.2. The molecule has 0 heterocycles. The molecular weight excluding hydrogens is 254 g/mol. The first-order valence-corrected chi connectivity index (χ1v) is 2.10. The van der Waals surface area contributed by atoms with Crippen LogP contribution >= 0.6 is 17.0 Å². The molecule has 44 valence electrons. The summed E-state index contributed by atoms with van der Waals surface area (Å²) >= 11 is 0. The van der Waals surface area contributed by atoms with Crippen molar-refractivity contribution in [2.24, 2.45) is 0 Å². The van der Waals surface area contributed by atoms with Crippen LogP contribution in [0.2, 0.25) is 0 Å². The van der Waals surface area contributed by atoms with Gasteiger partial charge in [-0.3, -0.25) is 9.11 Å². The summed E-state index contributed by atoms with van der Waals surface area (Å²) in [6.45, 7) is 0. The van der Waals surface area contributed by atoms with Gasteiger partial charge in [0.05, 0.1) is 0 Å². The normalized spacial score (nSPS) is 7.25. The van der Waals surface area contributed by atoms with Gasteiger partial charge in [0.15, 0.2) is 0 Å². The molecule has 0 aromatic carbocycles. The Morgan fingerprint density at radius 3 is 1.00 bits per heavy atom. The van der Waals surface area contributed by atoms with E-state index in [-0.39, 0.29) is 120 Å². The summed E-state index contributed by atoms with van der Waals surface area (Å²) in [5.74, 6) is 0. The maximum atomic E-state index is 8.74. The summed E-state index contributed by atoms with van der Waals surface area (Å²) < 4.78 is 31.6. The van der Waals surface area contributed by atoms with E-state index in [9.17, 15) is 0 Å². The van der Waals surface area contributed by atoms with Crippen LogP contribution < -0.4 is 0 Å². The van der Waals surface area contributed by atoms with Crippen molar-refractivity contribution in [2.75, 3.05) is 0 Å². The fraction of sp³-hybridized carbons (Fsp3) is 0. The third-order valence-electron chi connectivity index (χ3n) is 0. The average Bonchev–Trinajstić information content (AvgIpc) is 0.722. The Morgan fingerprint density at radius 2 is 1.00 bits per heavy atom. The van der Waals surface area contributed by atoms with Gasteiger partial charge in [-0.25, -0.2) is 0 Å². The van der Waals surface area contributed by atoms with E-state index in [0.717, 1.165) is 0 Å². The van der Waals surface area contributed by atoms with Crippen LogP contribution in [0, 0.1) is 0 Å². The number of hydrogen-bond donors (Lipinski definition) is 2. The Morgan fingerprint density at radius 1 is 1.00 bits per heavy atom. The van der Waals surface area contributed by atoms with Crippen molar-refractivity contribution in [3.63, 3.8) is 0 Å². The van der Waals surface area contributed by atoms with Gasteiger partial charge in [-0.1, -0.05) is 0 Å². The van der Waals surface area contributed by atoms with E-state index in [1.54, 1.807) is 0 Å². The van der Waals surface area contributed by atoms with Crippen LogP contribution in [-0.2, 0) is 10.4 Å². The molecular formula is H5BrK2O4S. The van der Waals surface area contributed by atoms with Gasteiger partial charge < -0.3 is 0 Å². The Kier molecular flexibility index (Phi) is 30.0. The summed E-state index contributed by atoms with van der Waals surface area (Å²) in [4.78, 5) is 0. The van der Waals surface area contributed by atoms with E-state index in [1.165, 1.54) is 0 Å². The van der Waals surface area contributed by atoms with Crippen molar-refractivity contribution >= 4 is 130 Å². The fourth-order valence-electron chi connectivity index (χ4n) is 0. The molecule has 0 amide bonds. The van der Waals surface area contributed by atoms with Crippen molar-refractivity contribution < 1.29 is 17.5 Å². The van der Waals surface area contributed by atoms with Gasteiger partial charge in [0.2, 0.25) is 0 Å². The number of hydrogen-bond acceptors (Lipinski definition) is 2. The predicted molar refractivity (Wildman–Crippen MR) is 38.8 cm³/mol. The van der Waals surface area contributed by atoms with E-state index in [2.05, 4.69) is 0 Å². The van der Waals surface area contributed by atoms with Crippen molar-refractivity contribution in [3.05, 3.63) is 0 Å². The molecule has 0 aliphatic heterocycles. The van der Waals surface area contributed by atoms with E-state index in [0.29, 0.717) is 0 Å². The second-order valence-electron chi connectivity index (χ2n) is 0.448. The van der Waals surface area contributed by atoms with E-state index in [4.69, 9.17) is 17.5 Å². The summed E-state index contributed by atoms with van der Waals surface area (Å²) in [6.07, 6.45) is 0. The maximum absolute atomic E-state index is 8.74. The molecule has 0 bridgehead atoms. The topological polar surface area (TPSA) is 74.6 Å². The molecule has 0 atom stereocenters. The van der Waals surface area contributed by atoms with Crippen LogP contribution in [0.3, 0.4) is 0 Å². The predicted octanol–water partition coefficient (Wildman–Crippen LogP) is -1.37. The molecule has 0 radical (unpaired) electrons. The average molecular weight is 259 g/mol. The van der Waals surface area contributed by atoms with Crippen LogP contribution in [-0.4, -0.2) is 120 Å². The summed E-state index contributed by atoms with van der Waals surface area (Å²) in [7, 11) is -4.67. The molecule has 2 N–H and O–H groups in total. The zero-order valence-corrected chi connectivity index (χ0v) is 5.06. The SMILES string of the molecule is Br.O=S(=O)(O)O.[KH].[KH]. The molecule has 0 fully saturated rings. The number of halogens is 1. The van der Waals surface area contributed by atoms with Gasteiger partial charge in [-0.15, -0.1) is 17.0 Å². The van der Waals surface area contributed by atoms with Gasteiger partial charge in [0.1, 0.15) is 0 Å². The molecule has 0 aromatic rings. The summed E-state index contributed by atoms with van der Waals surface area (Å²) in [6, 6.07) is 0. The molecule has 0 spiro atoms. The van der Waals surface area contributed by atoms with Crippen molar-refractivity contribution in [3.8, 4) is 0 Å². The van der Waals surface area contributed by atoms with E-state index >= 15 is 0 Å². The molecule has 4 nitrogen and oxygen atoms in total. The van der Waals surface area contributed by atoms with Gasteiger partial charge in [-0.2, -0.15) is 8.42 Å². The van der Waals surface area contributed by atoms with Crippen molar-refractivity contribution in [2.45, 2.75) is 0 Å². The third kappa shape index (κ3) is 54.5. The van der Waals surface area contributed by atoms with Gasteiger partial charge in [0.25, 0.3) is 0 Å². The van der Waals surface area contributed by atoms with Crippen LogP contribution in [0.5, 0.6) is 0 Å². The van der Waals surface area contributed by atoms with E-state index < -0.39 is 10.4 Å². The van der Waals surface area contributed by atoms with Crippen LogP contribution in [0.4, 0.5) is 0 Å². The second-order valence-corrected chi connectivity index (χ2v) is 1.34.